The van der Waals surface area contributed by atoms with Crippen LogP contribution in [0.15, 0.2) is 84.9 Å². The number of ether oxygens (including phenoxy) is 1. The van der Waals surface area contributed by atoms with Crippen LogP contribution >= 0.6 is 0 Å². The lowest BCUT2D eigenvalue weighted by atomic mass is 9.75. The molecule has 0 aromatic heterocycles. The van der Waals surface area contributed by atoms with Crippen molar-refractivity contribution >= 4 is 11.8 Å². The van der Waals surface area contributed by atoms with Gasteiger partial charge in [-0.05, 0) is 74.9 Å². The first kappa shape index (κ1) is 32.5. The fraction of sp³-hybridized carbons (Fsp3) is 0.297. The van der Waals surface area contributed by atoms with E-state index in [4.69, 9.17) is 4.74 Å². The molecule has 0 heterocycles. The molecule has 0 bridgehead atoms. The minimum absolute atomic E-state index is 0.433. The molecule has 5 heteroatoms. The summed E-state index contributed by atoms with van der Waals surface area (Å²) >= 11 is 0. The van der Waals surface area contributed by atoms with Crippen molar-refractivity contribution in [1.82, 2.24) is 0 Å². The molecule has 5 nitrogen and oxygen atoms in total. The summed E-state index contributed by atoms with van der Waals surface area (Å²) in [6.07, 6.45) is -1.44. The second-order valence-electron chi connectivity index (χ2n) is 11.7. The lowest BCUT2D eigenvalue weighted by Gasteiger charge is -2.35. The van der Waals surface area contributed by atoms with E-state index in [0.29, 0.717) is 11.3 Å². The third-order valence-electron chi connectivity index (χ3n) is 7.53. The molecule has 220 valence electrons. The quantitative estimate of drug-likeness (QED) is 0.103. The number of esters is 1. The summed E-state index contributed by atoms with van der Waals surface area (Å²) in [5.41, 5.74) is 6.85. The van der Waals surface area contributed by atoms with Gasteiger partial charge < -0.3 is 14.9 Å². The topological polar surface area (TPSA) is 83.8 Å². The number of aliphatic hydroxyl groups is 2. The summed E-state index contributed by atoms with van der Waals surface area (Å²) in [5, 5.41) is 21.0. The van der Waals surface area contributed by atoms with Crippen molar-refractivity contribution < 1.29 is 24.5 Å². The smallest absolute Gasteiger partial charge is 0.385 e. The lowest BCUT2D eigenvalue weighted by molar-refractivity contribution is -0.129. The van der Waals surface area contributed by atoms with Crippen LogP contribution < -0.4 is 4.74 Å². The molecule has 0 aliphatic rings. The van der Waals surface area contributed by atoms with Crippen molar-refractivity contribution in [3.05, 3.63) is 135 Å². The number of Topliss-reactive ketones (excluding diaryl/α,β-unsaturated/α-hetero) is 1. The molecule has 2 unspecified atom stereocenters. The summed E-state index contributed by atoms with van der Waals surface area (Å²) < 4.78 is 5.40. The number of benzene rings is 4. The van der Waals surface area contributed by atoms with Gasteiger partial charge in [0.25, 0.3) is 5.78 Å². The first-order valence-electron chi connectivity index (χ1n) is 14.1. The number of carbonyl (C=O) groups excluding carboxylic acids is 2. The van der Waals surface area contributed by atoms with E-state index in [1.165, 1.54) is 0 Å². The van der Waals surface area contributed by atoms with Crippen LogP contribution in [0.3, 0.4) is 0 Å². The molecule has 0 saturated heterocycles. The average Bonchev–Trinajstić information content (AvgIpc) is 2.94. The Balaban J connectivity index is 0.000000235. The molecular formula is C37H42O5. The zero-order valence-electron chi connectivity index (χ0n) is 25.9. The van der Waals surface area contributed by atoms with E-state index in [-0.39, 0.29) is 0 Å². The Kier molecular flexibility index (Phi) is 10.6. The molecule has 2 atom stereocenters. The number of hydrogen-bond donors (Lipinski definition) is 2. The van der Waals surface area contributed by atoms with E-state index in [9.17, 15) is 19.8 Å². The minimum Gasteiger partial charge on any atom is -0.420 e. The fourth-order valence-electron chi connectivity index (χ4n) is 5.39. The van der Waals surface area contributed by atoms with E-state index >= 15 is 0 Å². The monoisotopic (exact) mass is 566 g/mol. The Bertz CT molecular complexity index is 1440. The molecule has 0 radical (unpaired) electrons. The van der Waals surface area contributed by atoms with Gasteiger partial charge in [0.15, 0.2) is 0 Å². The molecule has 2 N–H and O–H groups in total. The van der Waals surface area contributed by atoms with Crippen molar-refractivity contribution in [2.24, 2.45) is 5.41 Å². The van der Waals surface area contributed by atoms with Gasteiger partial charge in [-0.3, -0.25) is 4.79 Å². The lowest BCUT2D eigenvalue weighted by Crippen LogP contribution is -2.29. The fourth-order valence-corrected chi connectivity index (χ4v) is 5.39. The van der Waals surface area contributed by atoms with Gasteiger partial charge in [-0.1, -0.05) is 110 Å². The first-order valence-corrected chi connectivity index (χ1v) is 14.1. The number of rotatable bonds is 7. The normalized spacial score (nSPS) is 12.5. The van der Waals surface area contributed by atoms with Crippen molar-refractivity contribution in [3.63, 3.8) is 0 Å². The zero-order valence-corrected chi connectivity index (χ0v) is 25.9. The van der Waals surface area contributed by atoms with E-state index < -0.39 is 29.4 Å². The Morgan fingerprint density at radius 2 is 0.976 bits per heavy atom. The standard InChI is InChI=1S/C20H22O3.C17H20O2/c1-11-7-13(3)17(14(4)8-11)18(21)20(22)23-19-15(5)9-12(2)10-16(19)6;1-17(2,15(18)13-9-5-3-6-10-13)16(19)14-11-7-4-8-12-14/h7-10H,1-6H3;3-12,15-16,18-19H,1-2H3. The maximum absolute atomic E-state index is 12.5. The predicted molar refractivity (Wildman–Crippen MR) is 168 cm³/mol. The van der Waals surface area contributed by atoms with E-state index in [2.05, 4.69) is 0 Å². The van der Waals surface area contributed by atoms with Crippen molar-refractivity contribution in [2.45, 2.75) is 67.6 Å². The molecule has 0 spiro atoms. The summed E-state index contributed by atoms with van der Waals surface area (Å²) in [5.74, 6) is -0.967. The zero-order chi connectivity index (χ0) is 31.2. The van der Waals surface area contributed by atoms with Gasteiger partial charge in [0.05, 0.1) is 12.2 Å². The number of aliphatic hydroxyl groups excluding tert-OH is 2. The van der Waals surface area contributed by atoms with Gasteiger partial charge in [0.1, 0.15) is 5.75 Å². The Morgan fingerprint density at radius 1 is 0.619 bits per heavy atom. The maximum Gasteiger partial charge on any atom is 0.385 e. The van der Waals surface area contributed by atoms with Gasteiger partial charge in [-0.15, -0.1) is 0 Å². The third kappa shape index (κ3) is 7.61. The first-order chi connectivity index (χ1) is 19.7. The SMILES string of the molecule is CC(C)(C(O)c1ccccc1)C(O)c1ccccc1.Cc1cc(C)c(OC(=O)C(=O)c2c(C)cc(C)cc2C)c(C)c1. The highest BCUT2D eigenvalue weighted by Crippen LogP contribution is 2.43. The molecule has 42 heavy (non-hydrogen) atoms. The third-order valence-corrected chi connectivity index (χ3v) is 7.53. The Labute approximate surface area is 249 Å². The Morgan fingerprint density at radius 3 is 1.36 bits per heavy atom. The Hall–Kier alpha value is -4.06. The molecule has 0 fully saturated rings. The van der Waals surface area contributed by atoms with Crippen LogP contribution in [0.4, 0.5) is 0 Å². The van der Waals surface area contributed by atoms with Crippen LogP contribution in [0, 0.1) is 47.0 Å². The molecular weight excluding hydrogens is 524 g/mol. The van der Waals surface area contributed by atoms with Crippen molar-refractivity contribution in [3.8, 4) is 5.75 Å². The molecule has 0 aliphatic heterocycles. The van der Waals surface area contributed by atoms with Gasteiger partial charge >= 0.3 is 5.97 Å². The predicted octanol–water partition coefficient (Wildman–Crippen LogP) is 7.81. The van der Waals surface area contributed by atoms with Crippen LogP contribution in [-0.4, -0.2) is 22.0 Å². The van der Waals surface area contributed by atoms with E-state index in [1.54, 1.807) is 0 Å². The highest BCUT2D eigenvalue weighted by atomic mass is 16.5. The largest absolute Gasteiger partial charge is 0.420 e. The molecule has 4 aromatic carbocycles. The highest BCUT2D eigenvalue weighted by molar-refractivity contribution is 6.41. The van der Waals surface area contributed by atoms with Gasteiger partial charge in [0.2, 0.25) is 0 Å². The molecule has 4 rings (SSSR count). The van der Waals surface area contributed by atoms with Crippen LogP contribution in [0.5, 0.6) is 5.75 Å². The molecule has 0 amide bonds. The van der Waals surface area contributed by atoms with Gasteiger partial charge in [0, 0.05) is 11.0 Å². The van der Waals surface area contributed by atoms with Gasteiger partial charge in [-0.2, -0.15) is 0 Å². The van der Waals surface area contributed by atoms with Gasteiger partial charge in [-0.25, -0.2) is 4.79 Å². The number of hydrogen-bond acceptors (Lipinski definition) is 5. The summed E-state index contributed by atoms with van der Waals surface area (Å²) in [6, 6.07) is 26.6. The van der Waals surface area contributed by atoms with Crippen molar-refractivity contribution in [1.29, 1.82) is 0 Å². The second-order valence-corrected chi connectivity index (χ2v) is 11.7. The average molecular weight is 567 g/mol. The minimum atomic E-state index is -0.838. The molecule has 0 aliphatic carbocycles. The van der Waals surface area contributed by atoms with E-state index in [0.717, 1.165) is 44.5 Å². The van der Waals surface area contributed by atoms with E-state index in [1.807, 2.05) is 140 Å². The number of aryl methyl sites for hydroxylation is 6. The van der Waals surface area contributed by atoms with Crippen LogP contribution in [-0.2, 0) is 4.79 Å². The number of ketones is 1. The summed E-state index contributed by atoms with van der Waals surface area (Å²) in [4.78, 5) is 24.8. The summed E-state index contributed by atoms with van der Waals surface area (Å²) in [6.45, 7) is 15.1. The van der Waals surface area contributed by atoms with Crippen LogP contribution in [0.2, 0.25) is 0 Å². The van der Waals surface area contributed by atoms with Crippen LogP contribution in [0.1, 0.15) is 80.9 Å². The van der Waals surface area contributed by atoms with Crippen molar-refractivity contribution in [2.75, 3.05) is 0 Å². The highest BCUT2D eigenvalue weighted by Gasteiger charge is 2.37. The molecule has 0 saturated carbocycles. The molecule has 4 aromatic rings. The number of carbonyl (C=O) groups is 2. The maximum atomic E-state index is 12.5. The summed E-state index contributed by atoms with van der Waals surface area (Å²) in [7, 11) is 0. The second kappa shape index (κ2) is 13.7. The van der Waals surface area contributed by atoms with Crippen LogP contribution in [0.25, 0.3) is 0 Å².